The Labute approximate surface area is 214 Å². The maximum absolute atomic E-state index is 13.0. The van der Waals surface area contributed by atoms with E-state index in [1.165, 1.54) is 0 Å². The molecule has 0 atom stereocenters. The molecule has 3 aromatic rings. The maximum atomic E-state index is 13.0. The number of benzene rings is 3. The molecule has 0 bridgehead atoms. The van der Waals surface area contributed by atoms with Gasteiger partial charge in [-0.25, -0.2) is 19.4 Å². The second kappa shape index (κ2) is 13.3. The predicted molar refractivity (Wildman–Crippen MR) is 141 cm³/mol. The number of hydrogen-bond donors (Lipinski definition) is 4. The molecule has 1 heterocycles. The maximum Gasteiger partial charge on any atom is 0.414 e. The van der Waals surface area contributed by atoms with E-state index in [0.29, 0.717) is 12.5 Å². The minimum absolute atomic E-state index is 0.183. The first-order valence-corrected chi connectivity index (χ1v) is 11.7. The Bertz CT molecular complexity index is 1160. The van der Waals surface area contributed by atoms with Gasteiger partial charge in [0.05, 0.1) is 17.1 Å². The molecule has 4 rings (SSSR count). The van der Waals surface area contributed by atoms with Gasteiger partial charge in [-0.05, 0) is 54.8 Å². The van der Waals surface area contributed by atoms with Crippen LogP contribution in [-0.4, -0.2) is 52.1 Å². The smallest absolute Gasteiger partial charge is 0.414 e. The highest BCUT2D eigenvalue weighted by Crippen LogP contribution is 2.25. The molecular formula is C27H29N5O5. The third-order valence-corrected chi connectivity index (χ3v) is 5.47. The molecule has 10 heteroatoms. The van der Waals surface area contributed by atoms with Crippen LogP contribution in [0.15, 0.2) is 89.9 Å². The first kappa shape index (κ1) is 26.7. The minimum atomic E-state index is -1.82. The fourth-order valence-corrected chi connectivity index (χ4v) is 3.63. The number of urea groups is 1. The van der Waals surface area contributed by atoms with Gasteiger partial charge in [0, 0.05) is 19.6 Å². The highest BCUT2D eigenvalue weighted by molar-refractivity contribution is 6.27. The van der Waals surface area contributed by atoms with Crippen LogP contribution in [0.4, 0.5) is 21.9 Å². The van der Waals surface area contributed by atoms with Gasteiger partial charge in [0.25, 0.3) is 0 Å². The summed E-state index contributed by atoms with van der Waals surface area (Å²) in [4.78, 5) is 39.5. The lowest BCUT2D eigenvalue weighted by Crippen LogP contribution is -2.36. The molecule has 1 aliphatic heterocycles. The Balaban J connectivity index is 0.000000568. The summed E-state index contributed by atoms with van der Waals surface area (Å²) in [5.74, 6) is -3.08. The number of guanidine groups is 1. The van der Waals surface area contributed by atoms with Gasteiger partial charge >= 0.3 is 18.0 Å². The molecule has 0 spiro atoms. The van der Waals surface area contributed by atoms with E-state index in [1.807, 2.05) is 84.9 Å². The van der Waals surface area contributed by atoms with Crippen LogP contribution in [0.1, 0.15) is 18.4 Å². The lowest BCUT2D eigenvalue weighted by Gasteiger charge is -2.23. The average Bonchev–Trinajstić information content (AvgIpc) is 3.45. The number of anilines is 2. The van der Waals surface area contributed by atoms with Gasteiger partial charge in [0.1, 0.15) is 0 Å². The van der Waals surface area contributed by atoms with Crippen LogP contribution in [0.25, 0.3) is 0 Å². The van der Waals surface area contributed by atoms with Crippen molar-refractivity contribution < 1.29 is 24.6 Å². The van der Waals surface area contributed by atoms with E-state index < -0.39 is 11.9 Å². The van der Waals surface area contributed by atoms with Crippen molar-refractivity contribution in [2.24, 2.45) is 10.7 Å². The first-order chi connectivity index (χ1) is 17.8. The van der Waals surface area contributed by atoms with Crippen molar-refractivity contribution in [3.05, 3.63) is 90.5 Å². The Morgan fingerprint density at radius 3 is 1.76 bits per heavy atom. The molecule has 1 saturated heterocycles. The number of carbonyl (C=O) groups is 3. The van der Waals surface area contributed by atoms with Gasteiger partial charge < -0.3 is 26.2 Å². The van der Waals surface area contributed by atoms with Crippen molar-refractivity contribution in [2.75, 3.05) is 18.0 Å². The van der Waals surface area contributed by atoms with Gasteiger partial charge in [0.15, 0.2) is 5.96 Å². The number of carboxylic acids is 2. The van der Waals surface area contributed by atoms with Crippen LogP contribution in [0.2, 0.25) is 0 Å². The number of carboxylic acid groups (broad SMARTS) is 2. The predicted octanol–water partition coefficient (Wildman–Crippen LogP) is 3.93. The second-order valence-electron chi connectivity index (χ2n) is 8.11. The highest BCUT2D eigenvalue weighted by Gasteiger charge is 2.17. The van der Waals surface area contributed by atoms with Crippen molar-refractivity contribution in [3.8, 4) is 0 Å². The number of para-hydroxylation sites is 2. The van der Waals surface area contributed by atoms with E-state index in [9.17, 15) is 4.79 Å². The summed E-state index contributed by atoms with van der Waals surface area (Å²) < 4.78 is 0. The van der Waals surface area contributed by atoms with E-state index >= 15 is 0 Å². The minimum Gasteiger partial charge on any atom is -0.473 e. The standard InChI is InChI=1S/C25H27N5O.C2H2O4/c26-24(29-17-7-8-18-29)28-21-15-13-20(14-16-21)19-27-25(31)30(22-9-3-1-4-10-22)23-11-5-2-6-12-23;3-1(4)2(5)6/h1-6,9-16H,7-8,17-19H2,(H2,26,28)(H,27,31);(H,3,4)(H,5,6). The molecule has 3 aromatic carbocycles. The quantitative estimate of drug-likeness (QED) is 0.234. The van der Waals surface area contributed by atoms with Crippen molar-refractivity contribution in [3.63, 3.8) is 0 Å². The first-order valence-electron chi connectivity index (χ1n) is 11.7. The number of hydrogen-bond acceptors (Lipinski definition) is 4. The number of aliphatic imine (C=N–C) groups is 1. The zero-order valence-corrected chi connectivity index (χ0v) is 20.2. The number of nitrogens with one attached hydrogen (secondary N) is 1. The van der Waals surface area contributed by atoms with E-state index in [-0.39, 0.29) is 6.03 Å². The van der Waals surface area contributed by atoms with Crippen LogP contribution in [0.5, 0.6) is 0 Å². The summed E-state index contributed by atoms with van der Waals surface area (Å²) in [6.07, 6.45) is 2.33. The van der Waals surface area contributed by atoms with Crippen LogP contribution in [0.3, 0.4) is 0 Å². The van der Waals surface area contributed by atoms with Crippen molar-refractivity contribution in [1.82, 2.24) is 10.2 Å². The molecule has 37 heavy (non-hydrogen) atoms. The lowest BCUT2D eigenvalue weighted by molar-refractivity contribution is -0.159. The molecule has 1 fully saturated rings. The lowest BCUT2D eigenvalue weighted by atomic mass is 10.2. The molecule has 192 valence electrons. The van der Waals surface area contributed by atoms with Crippen LogP contribution >= 0.6 is 0 Å². The van der Waals surface area contributed by atoms with E-state index in [0.717, 1.165) is 48.6 Å². The normalized spacial score (nSPS) is 12.8. The summed E-state index contributed by atoms with van der Waals surface area (Å²) in [5.41, 5.74) is 9.54. The average molecular weight is 504 g/mol. The fraction of sp³-hybridized carbons (Fsp3) is 0.185. The second-order valence-corrected chi connectivity index (χ2v) is 8.11. The molecule has 0 aliphatic carbocycles. The van der Waals surface area contributed by atoms with E-state index in [2.05, 4.69) is 15.2 Å². The van der Waals surface area contributed by atoms with Crippen molar-refractivity contribution in [1.29, 1.82) is 0 Å². The summed E-state index contributed by atoms with van der Waals surface area (Å²) in [6.45, 7) is 2.36. The Morgan fingerprint density at radius 2 is 1.30 bits per heavy atom. The molecule has 0 aromatic heterocycles. The largest absolute Gasteiger partial charge is 0.473 e. The molecule has 10 nitrogen and oxygen atoms in total. The van der Waals surface area contributed by atoms with Crippen molar-refractivity contribution >= 4 is 41.0 Å². The zero-order valence-electron chi connectivity index (χ0n) is 20.2. The summed E-state index contributed by atoms with van der Waals surface area (Å²) >= 11 is 0. The monoisotopic (exact) mass is 503 g/mol. The van der Waals surface area contributed by atoms with Crippen LogP contribution < -0.4 is 16.0 Å². The Hall–Kier alpha value is -4.86. The third kappa shape index (κ3) is 8.10. The number of nitrogens with zero attached hydrogens (tertiary/aromatic N) is 3. The molecule has 5 N–H and O–H groups in total. The summed E-state index contributed by atoms with van der Waals surface area (Å²) in [7, 11) is 0. The molecule has 2 amide bonds. The van der Waals surface area contributed by atoms with Crippen LogP contribution in [0, 0.1) is 0 Å². The van der Waals surface area contributed by atoms with Gasteiger partial charge in [-0.1, -0.05) is 48.5 Å². The third-order valence-electron chi connectivity index (χ3n) is 5.47. The number of rotatable bonds is 5. The molecule has 1 aliphatic rings. The van der Waals surface area contributed by atoms with Gasteiger partial charge in [-0.2, -0.15) is 0 Å². The number of likely N-dealkylation sites (tertiary alicyclic amines) is 1. The van der Waals surface area contributed by atoms with E-state index in [1.54, 1.807) is 4.90 Å². The summed E-state index contributed by atoms with van der Waals surface area (Å²) in [6, 6.07) is 26.8. The highest BCUT2D eigenvalue weighted by atomic mass is 16.4. The Morgan fingerprint density at radius 1 is 0.811 bits per heavy atom. The van der Waals surface area contributed by atoms with Gasteiger partial charge in [0.2, 0.25) is 0 Å². The zero-order chi connectivity index (χ0) is 26.6. The number of amides is 2. The number of carbonyl (C=O) groups excluding carboxylic acids is 1. The SMILES string of the molecule is NC(=Nc1ccc(CNC(=O)N(c2ccccc2)c2ccccc2)cc1)N1CCCC1.O=C(O)C(=O)O. The van der Waals surface area contributed by atoms with E-state index in [4.69, 9.17) is 25.5 Å². The molecular weight excluding hydrogens is 474 g/mol. The number of aliphatic carboxylic acids is 2. The summed E-state index contributed by atoms with van der Waals surface area (Å²) in [5, 5.41) is 17.8. The number of nitrogens with two attached hydrogens (primary N) is 1. The van der Waals surface area contributed by atoms with Gasteiger partial charge in [-0.3, -0.25) is 4.90 Å². The topological polar surface area (TPSA) is 149 Å². The Kier molecular flexibility index (Phi) is 9.60. The molecule has 0 radical (unpaired) electrons. The molecule has 0 saturated carbocycles. The van der Waals surface area contributed by atoms with Crippen molar-refractivity contribution in [2.45, 2.75) is 19.4 Å². The van der Waals surface area contributed by atoms with Crippen LogP contribution in [-0.2, 0) is 16.1 Å². The molecule has 0 unspecified atom stereocenters. The fourth-order valence-electron chi connectivity index (χ4n) is 3.63. The van der Waals surface area contributed by atoms with Gasteiger partial charge in [-0.15, -0.1) is 0 Å².